The number of rotatable bonds is 8. The summed E-state index contributed by atoms with van der Waals surface area (Å²) in [5.41, 5.74) is 7.82. The molecule has 0 saturated heterocycles. The van der Waals surface area contributed by atoms with Crippen molar-refractivity contribution in [1.29, 1.82) is 0 Å². The van der Waals surface area contributed by atoms with Crippen LogP contribution in [0.4, 0.5) is 11.4 Å². The molecule has 0 aliphatic rings. The van der Waals surface area contributed by atoms with Gasteiger partial charge in [-0.3, -0.25) is 0 Å². The van der Waals surface area contributed by atoms with Crippen molar-refractivity contribution in [3.05, 3.63) is 22.7 Å². The van der Waals surface area contributed by atoms with Crippen LogP contribution in [0.2, 0.25) is 0 Å². The third-order valence-corrected chi connectivity index (χ3v) is 4.13. The number of nitrogens with zero attached hydrogens (tertiary/aromatic N) is 2. The fourth-order valence-corrected chi connectivity index (χ4v) is 2.90. The molecule has 0 bridgehead atoms. The van der Waals surface area contributed by atoms with Gasteiger partial charge in [-0.25, -0.2) is 0 Å². The van der Waals surface area contributed by atoms with Gasteiger partial charge in [-0.15, -0.1) is 0 Å². The smallest absolute Gasteiger partial charge is 0.0512 e. The highest BCUT2D eigenvalue weighted by Gasteiger charge is 2.09. The molecule has 1 aromatic rings. The highest BCUT2D eigenvalue weighted by atomic mass is 79.9. The maximum Gasteiger partial charge on any atom is 0.0512 e. The third-order valence-electron chi connectivity index (χ3n) is 3.49. The van der Waals surface area contributed by atoms with Crippen LogP contribution >= 0.6 is 15.9 Å². The van der Waals surface area contributed by atoms with Gasteiger partial charge in [0.25, 0.3) is 0 Å². The van der Waals surface area contributed by atoms with Crippen molar-refractivity contribution in [3.8, 4) is 0 Å². The van der Waals surface area contributed by atoms with Gasteiger partial charge in [0.15, 0.2) is 0 Å². The maximum atomic E-state index is 5.79. The van der Waals surface area contributed by atoms with Crippen LogP contribution in [-0.4, -0.2) is 37.6 Å². The Morgan fingerprint density at radius 3 is 2.26 bits per heavy atom. The predicted molar refractivity (Wildman–Crippen MR) is 88.8 cm³/mol. The Balaban J connectivity index is 2.58. The second-order valence-corrected chi connectivity index (χ2v) is 5.53. The second-order valence-electron chi connectivity index (χ2n) is 4.67. The number of anilines is 2. The molecule has 19 heavy (non-hydrogen) atoms. The summed E-state index contributed by atoms with van der Waals surface area (Å²) in [5, 5.41) is 0. The highest BCUT2D eigenvalue weighted by molar-refractivity contribution is 9.10. The van der Waals surface area contributed by atoms with E-state index in [4.69, 9.17) is 5.73 Å². The summed E-state index contributed by atoms with van der Waals surface area (Å²) in [4.78, 5) is 4.86. The van der Waals surface area contributed by atoms with E-state index in [0.717, 1.165) is 42.9 Å². The van der Waals surface area contributed by atoms with Gasteiger partial charge in [-0.05, 0) is 67.1 Å². The molecule has 0 heterocycles. The molecule has 0 saturated carbocycles. The summed E-state index contributed by atoms with van der Waals surface area (Å²) in [5.74, 6) is 0. The van der Waals surface area contributed by atoms with Crippen LogP contribution in [-0.2, 0) is 0 Å². The molecule has 0 atom stereocenters. The lowest BCUT2D eigenvalue weighted by molar-refractivity contribution is 0.301. The lowest BCUT2D eigenvalue weighted by Crippen LogP contribution is -2.30. The number of hydrogen-bond acceptors (Lipinski definition) is 3. The van der Waals surface area contributed by atoms with Gasteiger partial charge < -0.3 is 15.5 Å². The van der Waals surface area contributed by atoms with E-state index in [0.29, 0.717) is 0 Å². The first-order valence-electron chi connectivity index (χ1n) is 7.14. The minimum Gasteiger partial charge on any atom is -0.399 e. The van der Waals surface area contributed by atoms with E-state index in [1.807, 2.05) is 12.1 Å². The summed E-state index contributed by atoms with van der Waals surface area (Å²) in [6.07, 6.45) is 1.19. The van der Waals surface area contributed by atoms with Crippen molar-refractivity contribution >= 4 is 27.3 Å². The third kappa shape index (κ3) is 5.03. The Morgan fingerprint density at radius 1 is 1.05 bits per heavy atom. The Bertz CT molecular complexity index is 378. The normalized spacial score (nSPS) is 11.0. The van der Waals surface area contributed by atoms with E-state index in [1.54, 1.807) is 0 Å². The number of halogens is 1. The number of benzene rings is 1. The molecule has 4 heteroatoms. The Labute approximate surface area is 125 Å². The van der Waals surface area contributed by atoms with Crippen LogP contribution in [0.15, 0.2) is 22.7 Å². The molecule has 108 valence electrons. The molecule has 0 aromatic heterocycles. The lowest BCUT2D eigenvalue weighted by atomic mass is 10.2. The van der Waals surface area contributed by atoms with Gasteiger partial charge >= 0.3 is 0 Å². The monoisotopic (exact) mass is 327 g/mol. The highest BCUT2D eigenvalue weighted by Crippen LogP contribution is 2.28. The Kier molecular flexibility index (Phi) is 7.24. The molecule has 0 radical (unpaired) electrons. The van der Waals surface area contributed by atoms with Crippen LogP contribution in [0.3, 0.4) is 0 Å². The summed E-state index contributed by atoms with van der Waals surface area (Å²) in [7, 11) is 0. The van der Waals surface area contributed by atoms with Crippen LogP contribution in [0.1, 0.15) is 27.2 Å². The summed E-state index contributed by atoms with van der Waals surface area (Å²) in [6.45, 7) is 12.2. The van der Waals surface area contributed by atoms with E-state index in [9.17, 15) is 0 Å². The minimum absolute atomic E-state index is 0.801. The van der Waals surface area contributed by atoms with Crippen molar-refractivity contribution in [1.82, 2.24) is 4.90 Å². The SMILES string of the molecule is CCN(CC)CCCN(CC)c1ccc(N)cc1Br. The molecular weight excluding hydrogens is 302 g/mol. The average Bonchev–Trinajstić information content (AvgIpc) is 2.40. The molecule has 2 N–H and O–H groups in total. The van der Waals surface area contributed by atoms with Gasteiger partial charge in [0.05, 0.1) is 5.69 Å². The average molecular weight is 328 g/mol. The Morgan fingerprint density at radius 2 is 1.74 bits per heavy atom. The summed E-state index contributed by atoms with van der Waals surface area (Å²) >= 11 is 3.60. The molecule has 0 amide bonds. The van der Waals surface area contributed by atoms with Gasteiger partial charge in [0.1, 0.15) is 0 Å². The second kappa shape index (κ2) is 8.43. The standard InChI is InChI=1S/C15H26BrN3/c1-4-18(5-2)10-7-11-19(6-3)15-9-8-13(17)12-14(15)16/h8-9,12H,4-7,10-11,17H2,1-3H3. The van der Waals surface area contributed by atoms with E-state index in [2.05, 4.69) is 52.6 Å². The molecule has 0 fully saturated rings. The van der Waals surface area contributed by atoms with Gasteiger partial charge in [-0.2, -0.15) is 0 Å². The van der Waals surface area contributed by atoms with Crippen LogP contribution in [0.5, 0.6) is 0 Å². The quantitative estimate of drug-likeness (QED) is 0.740. The predicted octanol–water partition coefficient (Wildman–Crippen LogP) is 3.59. The van der Waals surface area contributed by atoms with Crippen molar-refractivity contribution in [2.75, 3.05) is 43.4 Å². The molecule has 0 unspecified atom stereocenters. The minimum atomic E-state index is 0.801. The molecule has 0 aliphatic carbocycles. The zero-order valence-corrected chi connectivity index (χ0v) is 13.9. The van der Waals surface area contributed by atoms with Gasteiger partial charge in [0.2, 0.25) is 0 Å². The zero-order valence-electron chi connectivity index (χ0n) is 12.3. The van der Waals surface area contributed by atoms with Crippen molar-refractivity contribution < 1.29 is 0 Å². The first-order valence-corrected chi connectivity index (χ1v) is 7.93. The molecule has 1 aromatic carbocycles. The summed E-state index contributed by atoms with van der Waals surface area (Å²) in [6, 6.07) is 6.04. The van der Waals surface area contributed by atoms with Crippen LogP contribution < -0.4 is 10.6 Å². The maximum absolute atomic E-state index is 5.79. The fraction of sp³-hybridized carbons (Fsp3) is 0.600. The zero-order chi connectivity index (χ0) is 14.3. The van der Waals surface area contributed by atoms with Crippen molar-refractivity contribution in [3.63, 3.8) is 0 Å². The van der Waals surface area contributed by atoms with E-state index >= 15 is 0 Å². The lowest BCUT2D eigenvalue weighted by Gasteiger charge is -2.26. The molecular formula is C15H26BrN3. The molecule has 0 aliphatic heterocycles. The number of nitrogens with two attached hydrogens (primary N) is 1. The van der Waals surface area contributed by atoms with E-state index < -0.39 is 0 Å². The van der Waals surface area contributed by atoms with Crippen LogP contribution in [0.25, 0.3) is 0 Å². The molecule has 0 spiro atoms. The van der Waals surface area contributed by atoms with Crippen LogP contribution in [0, 0.1) is 0 Å². The topological polar surface area (TPSA) is 32.5 Å². The van der Waals surface area contributed by atoms with E-state index in [-0.39, 0.29) is 0 Å². The summed E-state index contributed by atoms with van der Waals surface area (Å²) < 4.78 is 1.08. The van der Waals surface area contributed by atoms with Crippen molar-refractivity contribution in [2.24, 2.45) is 0 Å². The number of nitrogen functional groups attached to an aromatic ring is 1. The molecule has 1 rings (SSSR count). The Hall–Kier alpha value is -0.740. The number of hydrogen-bond donors (Lipinski definition) is 1. The van der Waals surface area contributed by atoms with Gasteiger partial charge in [0, 0.05) is 23.2 Å². The van der Waals surface area contributed by atoms with Crippen molar-refractivity contribution in [2.45, 2.75) is 27.2 Å². The van der Waals surface area contributed by atoms with E-state index in [1.165, 1.54) is 12.1 Å². The van der Waals surface area contributed by atoms with Gasteiger partial charge in [-0.1, -0.05) is 13.8 Å². The fourth-order valence-electron chi connectivity index (χ4n) is 2.25. The molecule has 3 nitrogen and oxygen atoms in total. The largest absolute Gasteiger partial charge is 0.399 e. The first-order chi connectivity index (χ1) is 9.12. The first kappa shape index (κ1) is 16.3.